The van der Waals surface area contributed by atoms with E-state index in [1.165, 1.54) is 14.0 Å². The van der Waals surface area contributed by atoms with E-state index in [4.69, 9.17) is 42.6 Å². The summed E-state index contributed by atoms with van der Waals surface area (Å²) in [4.78, 5) is 64.1. The molecule has 3 aliphatic rings. The molecule has 3 fully saturated rings. The molecule has 1 unspecified atom stereocenters. The van der Waals surface area contributed by atoms with Gasteiger partial charge in [-0.25, -0.2) is 9.59 Å². The van der Waals surface area contributed by atoms with E-state index in [0.29, 0.717) is 17.5 Å². The highest BCUT2D eigenvalue weighted by molar-refractivity contribution is 5.90. The van der Waals surface area contributed by atoms with Gasteiger partial charge in [-0.1, -0.05) is 94.4 Å². The van der Waals surface area contributed by atoms with E-state index < -0.39 is 126 Å². The number of carbonyl (C=O) groups is 4. The average molecular weight is 1110 g/mol. The first-order valence-electron chi connectivity index (χ1n) is 28.1. The number of carbonyl (C=O) groups excluding carboxylic acids is 4. The molecule has 3 saturated heterocycles. The largest absolute Gasteiger partial charge is 0.459 e. The van der Waals surface area contributed by atoms with E-state index in [9.17, 15) is 29.4 Å². The fraction of sp³-hybridized carbons (Fsp3) is 0.571. The van der Waals surface area contributed by atoms with Crippen molar-refractivity contribution >= 4 is 40.7 Å². The van der Waals surface area contributed by atoms with Gasteiger partial charge in [0.25, 0.3) is 0 Å². The van der Waals surface area contributed by atoms with Crippen LogP contribution in [0.15, 0.2) is 103 Å². The van der Waals surface area contributed by atoms with Crippen LogP contribution in [-0.4, -0.2) is 156 Å². The van der Waals surface area contributed by atoms with Crippen LogP contribution in [0.2, 0.25) is 0 Å². The molecule has 436 valence electrons. The third kappa shape index (κ3) is 14.2. The van der Waals surface area contributed by atoms with Crippen LogP contribution in [0, 0.1) is 23.7 Å². The summed E-state index contributed by atoms with van der Waals surface area (Å²) in [5.41, 5.74) is -2.42. The molecule has 7 rings (SSSR count). The lowest BCUT2D eigenvalue weighted by molar-refractivity contribution is -0.319. The van der Waals surface area contributed by atoms with E-state index >= 15 is 0 Å². The van der Waals surface area contributed by atoms with Crippen LogP contribution < -0.4 is 0 Å². The number of likely N-dealkylation sites (N-methyl/N-ethyl adjacent to an activating group) is 1. The maximum Gasteiger partial charge on any atom is 0.338 e. The van der Waals surface area contributed by atoms with Gasteiger partial charge in [0.15, 0.2) is 24.8 Å². The molecule has 80 heavy (non-hydrogen) atoms. The van der Waals surface area contributed by atoms with Crippen molar-refractivity contribution in [1.82, 2.24) is 9.88 Å². The number of ketones is 1. The Hall–Kier alpha value is -5.47. The Balaban J connectivity index is 1.36. The minimum atomic E-state index is -2.07. The number of hydrogen-bond acceptors (Lipinski definition) is 17. The highest BCUT2D eigenvalue weighted by Gasteiger charge is 2.55. The molecule has 0 amide bonds. The molecule has 4 aromatic rings. The van der Waals surface area contributed by atoms with Crippen LogP contribution in [0.4, 0.5) is 0 Å². The van der Waals surface area contributed by atoms with E-state index in [-0.39, 0.29) is 31.7 Å². The van der Waals surface area contributed by atoms with Gasteiger partial charge in [-0.2, -0.15) is 0 Å². The van der Waals surface area contributed by atoms with E-state index in [0.717, 1.165) is 16.5 Å². The number of fused-ring (bicyclic) bond motifs is 1. The summed E-state index contributed by atoms with van der Waals surface area (Å²) in [6.07, 6.45) is -4.72. The zero-order chi connectivity index (χ0) is 58.3. The number of ether oxygens (including phenoxy) is 9. The summed E-state index contributed by atoms with van der Waals surface area (Å²) >= 11 is 0. The molecule has 18 atom stereocenters. The Bertz CT molecular complexity index is 2740. The van der Waals surface area contributed by atoms with Crippen LogP contribution in [0.1, 0.15) is 121 Å². The van der Waals surface area contributed by atoms with Crippen molar-refractivity contribution in [3.63, 3.8) is 0 Å². The lowest BCUT2D eigenvalue weighted by Crippen LogP contribution is -2.62. The standard InChI is InChI=1S/C63H84N2O15/c1-14-49-63(10,71)54(67)39(4)51(66)37(2)34-62(9,73-31-23-24-43-33-46-29-21-22-30-47(46)64-36-43)55(80-60-53(48(65(11)12)32-38(3)74-60)78-58(69)44-25-17-15-18-26-44)40(5)52(41(6)57(68)76-49)77-50-35-61(8,72-13)56(42(7)75-50)79-59(70)45-27-19-16-20-28-45/h15-30,33,36-42,48-50,52-56,60,67,71H,14,31-32,34-35H2,1-13H3/b24-23+/t37-,38+,39-,40-,41+,42-,48-,49+,50-,52-,53+,54+,55+,56-,60?,61+,62+,63+/m0/s1. The maximum atomic E-state index is 15.0. The predicted octanol–water partition coefficient (Wildman–Crippen LogP) is 8.80. The fourth-order valence-corrected chi connectivity index (χ4v) is 12.0. The number of nitrogens with zero attached hydrogens (tertiary/aromatic N) is 2. The van der Waals surface area contributed by atoms with Crippen LogP contribution in [0.25, 0.3) is 17.0 Å². The van der Waals surface area contributed by atoms with E-state index in [1.54, 1.807) is 108 Å². The number of para-hydroxylation sites is 1. The van der Waals surface area contributed by atoms with Crippen molar-refractivity contribution in [3.05, 3.63) is 120 Å². The number of pyridine rings is 1. The first-order chi connectivity index (χ1) is 37.9. The van der Waals surface area contributed by atoms with Gasteiger partial charge in [-0.3, -0.25) is 14.6 Å². The van der Waals surface area contributed by atoms with Crippen LogP contribution in [0.5, 0.6) is 0 Å². The molecule has 4 heterocycles. The van der Waals surface area contributed by atoms with Gasteiger partial charge in [0.05, 0.1) is 71.3 Å². The number of rotatable bonds is 15. The number of esters is 3. The van der Waals surface area contributed by atoms with Gasteiger partial charge in [0, 0.05) is 42.9 Å². The molecule has 2 N–H and O–H groups in total. The van der Waals surface area contributed by atoms with Crippen LogP contribution >= 0.6 is 0 Å². The Labute approximate surface area is 471 Å². The summed E-state index contributed by atoms with van der Waals surface area (Å²) < 4.78 is 60.0. The van der Waals surface area contributed by atoms with Gasteiger partial charge in [0.2, 0.25) is 0 Å². The number of hydrogen-bond donors (Lipinski definition) is 2. The second-order valence-electron chi connectivity index (χ2n) is 23.1. The highest BCUT2D eigenvalue weighted by Crippen LogP contribution is 2.43. The van der Waals surface area contributed by atoms with E-state index in [1.807, 2.05) is 82.3 Å². The number of aromatic nitrogens is 1. The maximum absolute atomic E-state index is 15.0. The molecular formula is C63H84N2O15. The quantitative estimate of drug-likeness (QED) is 0.0842. The molecule has 0 bridgehead atoms. The Morgan fingerprint density at radius 1 is 0.787 bits per heavy atom. The number of methoxy groups -OCH3 is 1. The Morgan fingerprint density at radius 2 is 1.41 bits per heavy atom. The fourth-order valence-electron chi connectivity index (χ4n) is 12.0. The second kappa shape index (κ2) is 26.6. The lowest BCUT2D eigenvalue weighted by Gasteiger charge is -2.50. The zero-order valence-corrected chi connectivity index (χ0v) is 48.7. The minimum absolute atomic E-state index is 0.0157. The van der Waals surface area contributed by atoms with Gasteiger partial charge in [-0.15, -0.1) is 0 Å². The highest BCUT2D eigenvalue weighted by atomic mass is 16.7. The average Bonchev–Trinajstić information content (AvgIpc) is 3.44. The summed E-state index contributed by atoms with van der Waals surface area (Å²) in [5, 5.41) is 25.0. The first-order valence-corrected chi connectivity index (χ1v) is 28.1. The van der Waals surface area contributed by atoms with Crippen LogP contribution in [0.3, 0.4) is 0 Å². The number of cyclic esters (lactones) is 1. The van der Waals surface area contributed by atoms with Gasteiger partial charge in [-0.05, 0) is 117 Å². The molecule has 17 nitrogen and oxygen atoms in total. The van der Waals surface area contributed by atoms with Gasteiger partial charge in [0.1, 0.15) is 23.1 Å². The van der Waals surface area contributed by atoms with Crippen LogP contribution in [-0.2, 0) is 52.2 Å². The Morgan fingerprint density at radius 3 is 2.04 bits per heavy atom. The number of benzene rings is 3. The molecule has 1 aromatic heterocycles. The molecule has 0 spiro atoms. The first kappa shape index (κ1) is 62.1. The molecule has 0 aliphatic carbocycles. The van der Waals surface area contributed by atoms with Crippen molar-refractivity contribution in [2.45, 2.75) is 179 Å². The summed E-state index contributed by atoms with van der Waals surface area (Å²) in [6, 6.07) is 26.6. The summed E-state index contributed by atoms with van der Waals surface area (Å²) in [6.45, 7) is 17.2. The van der Waals surface area contributed by atoms with Crippen molar-refractivity contribution in [2.75, 3.05) is 27.8 Å². The third-order valence-electron chi connectivity index (χ3n) is 16.7. The molecule has 17 heteroatoms. The van der Waals surface area contributed by atoms with Gasteiger partial charge >= 0.3 is 17.9 Å². The molecule has 3 aromatic carbocycles. The van der Waals surface area contributed by atoms with Gasteiger partial charge < -0.3 is 57.7 Å². The predicted molar refractivity (Wildman–Crippen MR) is 300 cm³/mol. The normalized spacial score (nSPS) is 35.8. The third-order valence-corrected chi connectivity index (χ3v) is 16.7. The van der Waals surface area contributed by atoms with Crippen molar-refractivity contribution in [2.24, 2.45) is 23.7 Å². The number of aliphatic hydroxyl groups is 2. The molecule has 0 saturated carbocycles. The van der Waals surface area contributed by atoms with Crippen molar-refractivity contribution < 1.29 is 72.0 Å². The number of Topliss-reactive ketones (excluding diaryl/α,β-unsaturated/α-hetero) is 1. The minimum Gasteiger partial charge on any atom is -0.459 e. The zero-order valence-electron chi connectivity index (χ0n) is 48.7. The SMILES string of the molecule is CC[C@H]1OC(=O)[C@H](C)[C@@H](O[C@H]2C[C@@](C)(OC)[C@@H](OC(=O)c3ccccc3)[C@H](C)O2)[C@H](C)[C@@H](OC2O[C@H](C)C[C@H](N(C)C)[C@H]2OC(=O)c2ccccc2)[C@](C)(OC/C=C/c2cnc3ccccc3c2)C[C@H](C)C(=O)[C@H](C)[C@@H](O)[C@]1(C)O. The lowest BCUT2D eigenvalue weighted by atomic mass is 9.73. The number of aliphatic hydroxyl groups excluding tert-OH is 1. The second-order valence-corrected chi connectivity index (χ2v) is 23.1. The Kier molecular flexibility index (Phi) is 20.7. The topological polar surface area (TPSA) is 208 Å². The molecule has 0 radical (unpaired) electrons. The molecular weight excluding hydrogens is 1020 g/mol. The molecule has 3 aliphatic heterocycles. The summed E-state index contributed by atoms with van der Waals surface area (Å²) in [5.74, 6) is -6.36. The monoisotopic (exact) mass is 1110 g/mol. The van der Waals surface area contributed by atoms with Crippen molar-refractivity contribution in [3.8, 4) is 0 Å². The van der Waals surface area contributed by atoms with E-state index in [2.05, 4.69) is 4.98 Å². The summed E-state index contributed by atoms with van der Waals surface area (Å²) in [7, 11) is 5.30. The van der Waals surface area contributed by atoms with Crippen molar-refractivity contribution in [1.29, 1.82) is 0 Å². The smallest absolute Gasteiger partial charge is 0.338 e.